The molecule has 5 heteroatoms. The average molecular weight is 441 g/mol. The highest BCUT2D eigenvalue weighted by atomic mass is 16.5. The zero-order valence-electron chi connectivity index (χ0n) is 20.6. The molecule has 0 unspecified atom stereocenters. The van der Waals surface area contributed by atoms with Gasteiger partial charge in [-0.15, -0.1) is 0 Å². The summed E-state index contributed by atoms with van der Waals surface area (Å²) in [6.07, 6.45) is 8.22. The summed E-state index contributed by atoms with van der Waals surface area (Å²) in [4.78, 5) is 16.0. The molecule has 2 aliphatic rings. The Morgan fingerprint density at radius 3 is 2.47 bits per heavy atom. The number of hydrogen-bond acceptors (Lipinski definition) is 4. The molecule has 0 radical (unpaired) electrons. The number of carbonyl (C=O) groups is 1. The first kappa shape index (κ1) is 23.2. The highest BCUT2D eigenvalue weighted by Crippen LogP contribution is 2.37. The van der Waals surface area contributed by atoms with Gasteiger partial charge in [0, 0.05) is 23.5 Å². The van der Waals surface area contributed by atoms with Crippen LogP contribution in [0.5, 0.6) is 5.75 Å². The first-order chi connectivity index (χ1) is 15.2. The van der Waals surface area contributed by atoms with Crippen LogP contribution in [-0.4, -0.2) is 35.5 Å². The second-order valence-electron chi connectivity index (χ2n) is 10.9. The van der Waals surface area contributed by atoms with E-state index in [1.54, 1.807) is 0 Å². The van der Waals surface area contributed by atoms with Crippen LogP contribution in [0.15, 0.2) is 16.5 Å². The van der Waals surface area contributed by atoms with Crippen LogP contribution < -0.4 is 10.1 Å². The van der Waals surface area contributed by atoms with Crippen LogP contribution in [0.2, 0.25) is 0 Å². The number of amides is 1. The third kappa shape index (κ3) is 5.31. The first-order valence-corrected chi connectivity index (χ1v) is 12.5. The average Bonchev–Trinajstić information content (AvgIpc) is 3.07. The number of ether oxygens (including phenoxy) is 1. The zero-order valence-corrected chi connectivity index (χ0v) is 20.6. The molecule has 1 amide bonds. The molecular formula is C27H40N2O3. The van der Waals surface area contributed by atoms with Crippen molar-refractivity contribution in [3.05, 3.63) is 29.0 Å². The van der Waals surface area contributed by atoms with Crippen LogP contribution in [0.1, 0.15) is 94.3 Å². The molecule has 1 aliphatic heterocycles. The van der Waals surface area contributed by atoms with E-state index in [9.17, 15) is 4.79 Å². The van der Waals surface area contributed by atoms with Crippen LogP contribution >= 0.6 is 0 Å². The molecule has 0 spiro atoms. The number of hydrogen-bond donors (Lipinski definition) is 1. The minimum absolute atomic E-state index is 0.00502. The number of likely N-dealkylation sites (tertiary alicyclic amines) is 1. The predicted octanol–water partition coefficient (Wildman–Crippen LogP) is 6.21. The second-order valence-corrected chi connectivity index (χ2v) is 10.9. The van der Waals surface area contributed by atoms with Crippen molar-refractivity contribution < 1.29 is 13.9 Å². The van der Waals surface area contributed by atoms with E-state index in [0.29, 0.717) is 11.3 Å². The van der Waals surface area contributed by atoms with Crippen LogP contribution in [0.4, 0.5) is 0 Å². The Labute approximate surface area is 192 Å². The second kappa shape index (κ2) is 9.46. The van der Waals surface area contributed by atoms with Crippen LogP contribution in [0.3, 0.4) is 0 Å². The summed E-state index contributed by atoms with van der Waals surface area (Å²) in [5.41, 5.74) is 2.23. The molecule has 1 N–H and O–H groups in total. The molecule has 1 saturated heterocycles. The number of fused-ring (bicyclic) bond motifs is 1. The van der Waals surface area contributed by atoms with Crippen LogP contribution in [-0.2, 0) is 6.54 Å². The Bertz CT molecular complexity index is 942. The first-order valence-electron chi connectivity index (χ1n) is 12.5. The SMILES string of the molecule is Cc1oc2ccc(OC(C)(C)C)c(CN3CCC(C)CC3)c2c1C(=O)NC1CCCCC1. The number of rotatable bonds is 5. The van der Waals surface area contributed by atoms with E-state index in [4.69, 9.17) is 9.15 Å². The van der Waals surface area contributed by atoms with Gasteiger partial charge in [-0.3, -0.25) is 9.69 Å². The Hall–Kier alpha value is -2.01. The maximum absolute atomic E-state index is 13.5. The Kier molecular flexibility index (Phi) is 6.85. The molecule has 4 rings (SSSR count). The molecular weight excluding hydrogens is 400 g/mol. The van der Waals surface area contributed by atoms with Gasteiger partial charge in [0.05, 0.1) is 5.56 Å². The molecule has 0 atom stereocenters. The monoisotopic (exact) mass is 440 g/mol. The Morgan fingerprint density at radius 1 is 1.12 bits per heavy atom. The number of nitrogens with one attached hydrogen (secondary N) is 1. The van der Waals surface area contributed by atoms with Crippen molar-refractivity contribution in [2.24, 2.45) is 5.92 Å². The van der Waals surface area contributed by atoms with Crippen molar-refractivity contribution >= 4 is 16.9 Å². The lowest BCUT2D eigenvalue weighted by atomic mass is 9.94. The molecule has 176 valence electrons. The summed E-state index contributed by atoms with van der Waals surface area (Å²) < 4.78 is 12.5. The summed E-state index contributed by atoms with van der Waals surface area (Å²) in [7, 11) is 0. The molecule has 1 aromatic heterocycles. The highest BCUT2D eigenvalue weighted by Gasteiger charge is 2.28. The summed E-state index contributed by atoms with van der Waals surface area (Å²) in [6.45, 7) is 13.4. The van der Waals surface area contributed by atoms with E-state index >= 15 is 0 Å². The van der Waals surface area contributed by atoms with Crippen molar-refractivity contribution in [1.82, 2.24) is 10.2 Å². The van der Waals surface area contributed by atoms with Crippen molar-refractivity contribution in [3.8, 4) is 5.75 Å². The number of carbonyl (C=O) groups excluding carboxylic acids is 1. The number of piperidine rings is 1. The third-order valence-electron chi connectivity index (χ3n) is 6.94. The number of furan rings is 1. The van der Waals surface area contributed by atoms with E-state index in [1.807, 2.05) is 19.1 Å². The molecule has 5 nitrogen and oxygen atoms in total. The lowest BCUT2D eigenvalue weighted by Gasteiger charge is -2.32. The van der Waals surface area contributed by atoms with Crippen molar-refractivity contribution in [3.63, 3.8) is 0 Å². The Balaban J connectivity index is 1.73. The fourth-order valence-corrected chi connectivity index (χ4v) is 5.16. The van der Waals surface area contributed by atoms with Gasteiger partial charge in [0.2, 0.25) is 0 Å². The summed E-state index contributed by atoms with van der Waals surface area (Å²) in [5.74, 6) is 2.32. The zero-order chi connectivity index (χ0) is 22.9. The Morgan fingerprint density at radius 2 is 1.81 bits per heavy atom. The summed E-state index contributed by atoms with van der Waals surface area (Å²) >= 11 is 0. The molecule has 1 saturated carbocycles. The van der Waals surface area contributed by atoms with E-state index in [0.717, 1.165) is 60.7 Å². The molecule has 32 heavy (non-hydrogen) atoms. The predicted molar refractivity (Wildman–Crippen MR) is 129 cm³/mol. The standard InChI is InChI=1S/C27H40N2O3/c1-18-13-15-29(16-14-18)17-21-22(32-27(3,4)5)11-12-23-25(21)24(19(2)31-23)26(30)28-20-9-7-6-8-10-20/h11-12,18,20H,6-10,13-17H2,1-5H3,(H,28,30). The van der Waals surface area contributed by atoms with Crippen LogP contribution in [0, 0.1) is 12.8 Å². The molecule has 2 aromatic rings. The molecule has 2 fully saturated rings. The van der Waals surface area contributed by atoms with Gasteiger partial charge in [-0.05, 0) is 84.5 Å². The minimum atomic E-state index is -0.317. The smallest absolute Gasteiger partial charge is 0.255 e. The molecule has 1 aromatic carbocycles. The quantitative estimate of drug-likeness (QED) is 0.600. The van der Waals surface area contributed by atoms with E-state index in [1.165, 1.54) is 32.1 Å². The van der Waals surface area contributed by atoms with Gasteiger partial charge >= 0.3 is 0 Å². The fraction of sp³-hybridized carbons (Fsp3) is 0.667. The minimum Gasteiger partial charge on any atom is -0.488 e. The van der Waals surface area contributed by atoms with Crippen molar-refractivity contribution in [2.75, 3.05) is 13.1 Å². The number of aryl methyl sites for hydroxylation is 1. The van der Waals surface area contributed by atoms with E-state index < -0.39 is 0 Å². The third-order valence-corrected chi connectivity index (χ3v) is 6.94. The van der Waals surface area contributed by atoms with Gasteiger partial charge in [-0.25, -0.2) is 0 Å². The fourth-order valence-electron chi connectivity index (χ4n) is 5.16. The maximum atomic E-state index is 13.5. The van der Waals surface area contributed by atoms with Crippen LogP contribution in [0.25, 0.3) is 11.0 Å². The van der Waals surface area contributed by atoms with Crippen molar-refractivity contribution in [2.45, 2.75) is 97.8 Å². The normalized spacial score (nSPS) is 19.4. The molecule has 2 heterocycles. The summed E-state index contributed by atoms with van der Waals surface area (Å²) in [6, 6.07) is 4.24. The number of benzene rings is 1. The number of nitrogens with zero attached hydrogens (tertiary/aromatic N) is 1. The molecule has 1 aliphatic carbocycles. The van der Waals surface area contributed by atoms with Gasteiger partial charge in [0.15, 0.2) is 0 Å². The largest absolute Gasteiger partial charge is 0.488 e. The van der Waals surface area contributed by atoms with Gasteiger partial charge in [0.1, 0.15) is 22.7 Å². The van der Waals surface area contributed by atoms with E-state index in [-0.39, 0.29) is 17.6 Å². The lowest BCUT2D eigenvalue weighted by Crippen LogP contribution is -2.36. The topological polar surface area (TPSA) is 54.7 Å². The van der Waals surface area contributed by atoms with Gasteiger partial charge in [-0.1, -0.05) is 26.2 Å². The maximum Gasteiger partial charge on any atom is 0.255 e. The van der Waals surface area contributed by atoms with Gasteiger partial charge in [-0.2, -0.15) is 0 Å². The summed E-state index contributed by atoms with van der Waals surface area (Å²) in [5, 5.41) is 4.23. The van der Waals surface area contributed by atoms with Gasteiger partial charge in [0.25, 0.3) is 5.91 Å². The van der Waals surface area contributed by atoms with Crippen molar-refractivity contribution in [1.29, 1.82) is 0 Å². The highest BCUT2D eigenvalue weighted by molar-refractivity contribution is 6.09. The van der Waals surface area contributed by atoms with E-state index in [2.05, 4.69) is 37.9 Å². The molecule has 0 bridgehead atoms. The van der Waals surface area contributed by atoms with Gasteiger partial charge < -0.3 is 14.5 Å². The lowest BCUT2D eigenvalue weighted by molar-refractivity contribution is 0.0927.